The lowest BCUT2D eigenvalue weighted by Gasteiger charge is -2.45. The number of Topliss-reactive ketones (excluding diaryl/α,β-unsaturated/α-hetero) is 2. The van der Waals surface area contributed by atoms with Crippen LogP contribution in [0.1, 0.15) is 88.5 Å². The molecular weight excluding hydrogens is 460 g/mol. The molecule has 1 unspecified atom stereocenters. The summed E-state index contributed by atoms with van der Waals surface area (Å²) in [5, 5.41) is 10.6. The minimum absolute atomic E-state index is 0.0356. The minimum atomic E-state index is -1.13. The summed E-state index contributed by atoms with van der Waals surface area (Å²) in [4.78, 5) is 39.7. The number of allylic oxidation sites excluding steroid dienone is 1. The molecule has 7 heteroatoms. The molecule has 0 aliphatic carbocycles. The molecule has 0 aromatic carbocycles. The quantitative estimate of drug-likeness (QED) is 0.428. The molecule has 10 atom stereocenters. The highest BCUT2D eigenvalue weighted by Crippen LogP contribution is 2.41. The van der Waals surface area contributed by atoms with E-state index in [2.05, 4.69) is 13.8 Å². The summed E-state index contributed by atoms with van der Waals surface area (Å²) in [5.74, 6) is -2.54. The molecule has 0 saturated carbocycles. The number of carbonyl (C=O) groups is 3. The molecular formula is C29H48O7. The van der Waals surface area contributed by atoms with Crippen molar-refractivity contribution in [2.75, 3.05) is 0 Å². The summed E-state index contributed by atoms with van der Waals surface area (Å²) < 4.78 is 18.4. The van der Waals surface area contributed by atoms with Gasteiger partial charge in [0.2, 0.25) is 0 Å². The molecule has 1 saturated heterocycles. The lowest BCUT2D eigenvalue weighted by Crippen LogP contribution is -2.50. The van der Waals surface area contributed by atoms with Gasteiger partial charge in [0.25, 0.3) is 0 Å². The Kier molecular flexibility index (Phi) is 10.5. The third kappa shape index (κ3) is 7.05. The first-order chi connectivity index (χ1) is 16.6. The number of hydrogen-bond acceptors (Lipinski definition) is 7. The Balaban J connectivity index is 2.51. The monoisotopic (exact) mass is 508 g/mol. The van der Waals surface area contributed by atoms with E-state index in [4.69, 9.17) is 14.2 Å². The van der Waals surface area contributed by atoms with E-state index in [9.17, 15) is 19.5 Å². The Bertz CT molecular complexity index is 831. The molecule has 0 aromatic rings. The standard InChI is InChI=1S/C29H48O7/c1-11-23-22(30)13-16(3)24(31)17(4)14-29(9,10)26(20(7)25(32)21(8)27(33)35-23)36-28-19(6)15(2)12-18(5)34-28/h13,15,17-23,26,28,30H,11-12,14H2,1-10H3/t15-,17+,18+,19+,20-,21+,22-,23+,26+,28?/m0/s1. The Morgan fingerprint density at radius 3 is 2.28 bits per heavy atom. The van der Waals surface area contributed by atoms with Crippen LogP contribution in [0, 0.1) is 35.0 Å². The van der Waals surface area contributed by atoms with E-state index < -0.39 is 47.8 Å². The summed E-state index contributed by atoms with van der Waals surface area (Å²) in [6.07, 6.45) is 0.213. The van der Waals surface area contributed by atoms with Crippen LogP contribution in [0.2, 0.25) is 0 Å². The van der Waals surface area contributed by atoms with E-state index in [1.807, 2.05) is 27.7 Å². The third-order valence-electron chi connectivity index (χ3n) is 8.27. The second-order valence-corrected chi connectivity index (χ2v) is 12.0. The molecule has 2 aliphatic rings. The normalized spacial score (nSPS) is 41.3. The molecule has 0 amide bonds. The van der Waals surface area contributed by atoms with Gasteiger partial charge in [0.1, 0.15) is 18.1 Å². The average Bonchev–Trinajstić information content (AvgIpc) is 2.80. The fraction of sp³-hybridized carbons (Fsp3) is 0.828. The van der Waals surface area contributed by atoms with Gasteiger partial charge >= 0.3 is 5.97 Å². The highest BCUT2D eigenvalue weighted by atomic mass is 16.7. The van der Waals surface area contributed by atoms with Crippen LogP contribution in [0.5, 0.6) is 0 Å². The number of cyclic esters (lactones) is 1. The van der Waals surface area contributed by atoms with Crippen LogP contribution in [0.15, 0.2) is 11.6 Å². The van der Waals surface area contributed by atoms with Gasteiger partial charge in [-0.05, 0) is 63.0 Å². The van der Waals surface area contributed by atoms with E-state index in [1.54, 1.807) is 27.7 Å². The molecule has 2 rings (SSSR count). The first-order valence-corrected chi connectivity index (χ1v) is 13.6. The van der Waals surface area contributed by atoms with Crippen molar-refractivity contribution in [2.45, 2.75) is 119 Å². The second-order valence-electron chi connectivity index (χ2n) is 12.0. The molecule has 36 heavy (non-hydrogen) atoms. The predicted molar refractivity (Wildman–Crippen MR) is 138 cm³/mol. The van der Waals surface area contributed by atoms with Crippen molar-refractivity contribution >= 4 is 17.5 Å². The highest BCUT2D eigenvalue weighted by Gasteiger charge is 2.45. The average molecular weight is 509 g/mol. The fourth-order valence-corrected chi connectivity index (χ4v) is 5.83. The van der Waals surface area contributed by atoms with E-state index in [-0.39, 0.29) is 29.5 Å². The number of carbonyl (C=O) groups excluding carboxylic acids is 3. The number of hydrogen-bond donors (Lipinski definition) is 1. The molecule has 206 valence electrons. The minimum Gasteiger partial charge on any atom is -0.459 e. The summed E-state index contributed by atoms with van der Waals surface area (Å²) in [5.41, 5.74) is -0.158. The van der Waals surface area contributed by atoms with Gasteiger partial charge in [0.15, 0.2) is 17.9 Å². The van der Waals surface area contributed by atoms with Gasteiger partial charge < -0.3 is 19.3 Å². The van der Waals surface area contributed by atoms with E-state index >= 15 is 0 Å². The van der Waals surface area contributed by atoms with Crippen molar-refractivity contribution in [3.05, 3.63) is 11.6 Å². The van der Waals surface area contributed by atoms with E-state index in [0.29, 0.717) is 24.3 Å². The molecule has 0 radical (unpaired) electrons. The van der Waals surface area contributed by atoms with Crippen molar-refractivity contribution in [1.82, 2.24) is 0 Å². The number of esters is 1. The maximum atomic E-state index is 13.6. The number of ketones is 2. The molecule has 0 bridgehead atoms. The third-order valence-corrected chi connectivity index (χ3v) is 8.27. The maximum absolute atomic E-state index is 13.6. The van der Waals surface area contributed by atoms with Gasteiger partial charge in [-0.3, -0.25) is 14.4 Å². The number of rotatable bonds is 3. The molecule has 2 aliphatic heterocycles. The van der Waals surface area contributed by atoms with E-state index in [0.717, 1.165) is 6.42 Å². The lowest BCUT2D eigenvalue weighted by atomic mass is 9.71. The van der Waals surface area contributed by atoms with Crippen molar-refractivity contribution < 1.29 is 33.7 Å². The van der Waals surface area contributed by atoms with Gasteiger partial charge in [0.05, 0.1) is 12.2 Å². The zero-order chi connectivity index (χ0) is 27.5. The topological polar surface area (TPSA) is 99.1 Å². The number of aliphatic hydroxyl groups excluding tert-OH is 1. The summed E-state index contributed by atoms with van der Waals surface area (Å²) in [6, 6.07) is 0. The Morgan fingerprint density at radius 2 is 1.69 bits per heavy atom. The number of ether oxygens (including phenoxy) is 3. The highest BCUT2D eigenvalue weighted by molar-refractivity contribution is 6.00. The number of aliphatic hydroxyl groups is 1. The van der Waals surface area contributed by atoms with Gasteiger partial charge in [-0.25, -0.2) is 0 Å². The van der Waals surface area contributed by atoms with Gasteiger partial charge in [-0.2, -0.15) is 0 Å². The first kappa shape index (κ1) is 30.7. The fourth-order valence-electron chi connectivity index (χ4n) is 5.83. The summed E-state index contributed by atoms with van der Waals surface area (Å²) in [6.45, 7) is 19.0. The predicted octanol–water partition coefficient (Wildman–Crippen LogP) is 4.88. The maximum Gasteiger partial charge on any atom is 0.316 e. The van der Waals surface area contributed by atoms with Crippen LogP contribution in [0.25, 0.3) is 0 Å². The van der Waals surface area contributed by atoms with Crippen molar-refractivity contribution in [3.8, 4) is 0 Å². The molecule has 1 N–H and O–H groups in total. The molecule has 0 spiro atoms. The lowest BCUT2D eigenvalue weighted by molar-refractivity contribution is -0.267. The van der Waals surface area contributed by atoms with Crippen LogP contribution in [0.3, 0.4) is 0 Å². The second kappa shape index (κ2) is 12.3. The summed E-state index contributed by atoms with van der Waals surface area (Å²) in [7, 11) is 0. The molecule has 2 heterocycles. The van der Waals surface area contributed by atoms with Crippen molar-refractivity contribution in [2.24, 2.45) is 35.0 Å². The zero-order valence-electron chi connectivity index (χ0n) is 23.9. The van der Waals surface area contributed by atoms with Crippen molar-refractivity contribution in [1.29, 1.82) is 0 Å². The molecule has 0 aromatic heterocycles. The van der Waals surface area contributed by atoms with Gasteiger partial charge in [-0.15, -0.1) is 0 Å². The van der Waals surface area contributed by atoms with Gasteiger partial charge in [0, 0.05) is 17.8 Å². The zero-order valence-corrected chi connectivity index (χ0v) is 23.9. The van der Waals surface area contributed by atoms with Crippen molar-refractivity contribution in [3.63, 3.8) is 0 Å². The van der Waals surface area contributed by atoms with Crippen LogP contribution >= 0.6 is 0 Å². The van der Waals surface area contributed by atoms with Crippen LogP contribution in [-0.2, 0) is 28.6 Å². The molecule has 1 fully saturated rings. The Labute approximate surface area is 217 Å². The van der Waals surface area contributed by atoms with Gasteiger partial charge in [-0.1, -0.05) is 48.5 Å². The Hall–Kier alpha value is -1.57. The van der Waals surface area contributed by atoms with Crippen LogP contribution in [-0.4, -0.2) is 53.3 Å². The summed E-state index contributed by atoms with van der Waals surface area (Å²) >= 11 is 0. The SMILES string of the molecule is CC[C@H]1OC(=O)[C@H](C)C(=O)[C@H](C)[C@@H](OC2O[C@H](C)C[C@H](C)[C@H]2C)C(C)(C)C[C@@H](C)C(=O)C(C)=C[C@@H]1O. The largest absolute Gasteiger partial charge is 0.459 e. The molecule has 7 nitrogen and oxygen atoms in total. The first-order valence-electron chi connectivity index (χ1n) is 13.6. The van der Waals surface area contributed by atoms with E-state index in [1.165, 1.54) is 6.08 Å². The van der Waals surface area contributed by atoms with Crippen LogP contribution < -0.4 is 0 Å². The van der Waals surface area contributed by atoms with Crippen LogP contribution in [0.4, 0.5) is 0 Å². The smallest absolute Gasteiger partial charge is 0.316 e. The Morgan fingerprint density at radius 1 is 1.08 bits per heavy atom.